The normalized spacial score (nSPS) is 17.4. The Balaban J connectivity index is 0.0000132. The van der Waals surface area contributed by atoms with Gasteiger partial charge in [-0.3, -0.25) is 33.3 Å². The van der Waals surface area contributed by atoms with Crippen molar-refractivity contribution in [3.63, 3.8) is 0 Å². The molecular formula is C78H150N3O18P. The number of phosphoric ester groups is 1. The first-order valence-corrected chi connectivity index (χ1v) is 42.2. The lowest BCUT2D eigenvalue weighted by molar-refractivity contribution is -0.272. The highest BCUT2D eigenvalue weighted by atomic mass is 31.2. The van der Waals surface area contributed by atoms with Crippen molar-refractivity contribution in [3.8, 4) is 0 Å². The molecule has 1 heterocycles. The molecule has 21 nitrogen and oxygen atoms in total. The summed E-state index contributed by atoms with van der Waals surface area (Å²) in [4.78, 5) is 106. The number of aliphatic hydroxyl groups is 2. The van der Waals surface area contributed by atoms with Gasteiger partial charge in [-0.25, -0.2) is 4.57 Å². The van der Waals surface area contributed by atoms with Crippen molar-refractivity contribution in [3.05, 3.63) is 0 Å². The van der Waals surface area contributed by atoms with Gasteiger partial charge in [0.05, 0.1) is 45.1 Å². The van der Waals surface area contributed by atoms with Crippen molar-refractivity contribution in [1.29, 1.82) is 0 Å². The molecule has 0 radical (unpaired) electrons. The Bertz CT molecular complexity index is 2030. The number of rotatable bonds is 67. The fourth-order valence-electron chi connectivity index (χ4n) is 12.6. The molecule has 0 aromatic heterocycles. The number of carbonyl (C=O) groups excluding carboxylic acids is 6. The molecule has 0 unspecified atom stereocenters. The number of nitrogens with one attached hydrogen (secondary N) is 2. The molecule has 100 heavy (non-hydrogen) atoms. The molecular weight excluding hydrogens is 1300 g/mol. The molecule has 1 rings (SSSR count). The maximum atomic E-state index is 14.7. The molecule has 0 bridgehead atoms. The molecule has 2 amide bonds. The molecule has 0 aromatic rings. The van der Waals surface area contributed by atoms with Gasteiger partial charge in [0.15, 0.2) is 12.4 Å². The largest absolute Gasteiger partial charge is 0.470 e. The fraction of sp³-hybridized carbons (Fsp3) is 0.923. The molecule has 0 aromatic carbocycles. The summed E-state index contributed by atoms with van der Waals surface area (Å²) in [6.45, 7) is 20.8. The minimum atomic E-state index is -5.50. The van der Waals surface area contributed by atoms with Crippen LogP contribution >= 0.6 is 7.82 Å². The van der Waals surface area contributed by atoms with Gasteiger partial charge in [-0.2, -0.15) is 0 Å². The number of carbonyl (C=O) groups is 6. The van der Waals surface area contributed by atoms with Crippen LogP contribution in [0.15, 0.2) is 0 Å². The van der Waals surface area contributed by atoms with E-state index < -0.39 is 119 Å². The molecule has 590 valence electrons. The van der Waals surface area contributed by atoms with Crippen molar-refractivity contribution >= 4 is 43.5 Å². The molecule has 1 saturated heterocycles. The molecule has 0 spiro atoms. The smallest absolute Gasteiger partial charge is 0.462 e. The monoisotopic (exact) mass is 1450 g/mol. The van der Waals surface area contributed by atoms with Gasteiger partial charge in [0.1, 0.15) is 36.6 Å². The Morgan fingerprint density at radius 3 is 1.08 bits per heavy atom. The van der Waals surface area contributed by atoms with Gasteiger partial charge in [-0.15, -0.1) is 0 Å². The van der Waals surface area contributed by atoms with E-state index in [9.17, 15) is 53.3 Å². The van der Waals surface area contributed by atoms with E-state index in [0.717, 1.165) is 167 Å². The van der Waals surface area contributed by atoms with Crippen LogP contribution < -0.4 is 10.6 Å². The Labute approximate surface area is 607 Å². The number of nitrogens with zero attached hydrogens (tertiary/aromatic N) is 1. The van der Waals surface area contributed by atoms with Gasteiger partial charge in [-0.1, -0.05) is 274 Å². The maximum absolute atomic E-state index is 14.7. The van der Waals surface area contributed by atoms with Crippen LogP contribution in [-0.4, -0.2) is 155 Å². The number of unbranched alkanes of at least 4 members (excludes halogenated alkanes) is 33. The third kappa shape index (κ3) is 54.4. The molecule has 0 saturated carbocycles. The Morgan fingerprint density at radius 1 is 0.430 bits per heavy atom. The van der Waals surface area contributed by atoms with Crippen LogP contribution in [0.3, 0.4) is 0 Å². The second-order valence-electron chi connectivity index (χ2n) is 28.0. The number of hydrogen-bond donors (Lipinski definition) is 6. The fourth-order valence-corrected chi connectivity index (χ4v) is 13.2. The number of amides is 2. The summed E-state index contributed by atoms with van der Waals surface area (Å²) in [6.07, 6.45) is 29.5. The third-order valence-corrected chi connectivity index (χ3v) is 19.3. The van der Waals surface area contributed by atoms with E-state index in [-0.39, 0.29) is 38.1 Å². The van der Waals surface area contributed by atoms with E-state index in [1.807, 2.05) is 0 Å². The summed E-state index contributed by atoms with van der Waals surface area (Å²) in [5.41, 5.74) is 0. The van der Waals surface area contributed by atoms with Crippen LogP contribution in [-0.2, 0) is 66.3 Å². The number of ether oxygens (including phenoxy) is 6. The van der Waals surface area contributed by atoms with Crippen molar-refractivity contribution in [2.24, 2.45) is 0 Å². The van der Waals surface area contributed by atoms with Gasteiger partial charge >= 0.3 is 31.7 Å². The van der Waals surface area contributed by atoms with E-state index in [1.54, 1.807) is 0 Å². The molecule has 22 heteroatoms. The zero-order valence-electron chi connectivity index (χ0n) is 64.8. The lowest BCUT2D eigenvalue weighted by Crippen LogP contribution is -2.66. The van der Waals surface area contributed by atoms with Crippen LogP contribution in [0.2, 0.25) is 0 Å². The van der Waals surface area contributed by atoms with E-state index in [1.165, 1.54) is 71.0 Å². The lowest BCUT2D eigenvalue weighted by atomic mass is 9.95. The van der Waals surface area contributed by atoms with Crippen molar-refractivity contribution < 1.29 is 86.3 Å². The zero-order valence-corrected chi connectivity index (χ0v) is 65.7. The summed E-state index contributed by atoms with van der Waals surface area (Å²) in [5, 5.41) is 27.2. The van der Waals surface area contributed by atoms with E-state index >= 15 is 0 Å². The van der Waals surface area contributed by atoms with Crippen molar-refractivity contribution in [2.45, 2.75) is 426 Å². The summed E-state index contributed by atoms with van der Waals surface area (Å²) in [6, 6.07) is -2.80. The van der Waals surface area contributed by atoms with Crippen LogP contribution in [0.1, 0.15) is 371 Å². The SMILES string of the molecule is CCCCCCCCCCC[C@H](CC(=O)N[C@H](CO)CO[C@H]1O[C@H](CO)[C@@H](OP(=O)(O)O)[C@H](OC(=O)C[C@@H](CCCCCCCCCCC)OC(=O)CCCCCC)[C@@H]1NC(=O)C[C@@H](CCCCCCCCCCC)OC(=O)CCCCCC)OC(=O)CCCCCC.CCN(CC)CC. The first kappa shape index (κ1) is 96.7. The predicted octanol–water partition coefficient (Wildman–Crippen LogP) is 17.0. The van der Waals surface area contributed by atoms with Crippen molar-refractivity contribution in [1.82, 2.24) is 15.5 Å². The minimum Gasteiger partial charge on any atom is -0.462 e. The third-order valence-electron chi connectivity index (χ3n) is 18.8. The summed E-state index contributed by atoms with van der Waals surface area (Å²) < 4.78 is 54.7. The standard InChI is InChI=1S/C72H135N2O18P.C6H15N/c1-7-13-19-25-28-31-34-37-40-46-59(87-65(79)49-43-22-16-10-4)52-63(77)73-58(55-75)57-86-72-69(74-64(78)53-60(88-66(80)50-44-23-17-11-5)47-41-38-35-32-29-26-20-14-8-2)71(70(62(56-76)90-72)92-93(83,84)85)91-68(82)54-61(89-67(81)51-45-24-18-12-6)48-42-39-36-33-30-27-21-15-9-3;1-4-7(5-2)6-3/h58-62,69-72,75-76H,7-57H2,1-6H3,(H,73,77)(H,74,78)(H2,83,84,85);4-6H2,1-3H3/t58-,59-,60-,61-,62-,69+,70-,71-,72+;/m1./s1. The van der Waals surface area contributed by atoms with Crippen LogP contribution in [0.5, 0.6) is 0 Å². The number of hydrogen-bond acceptors (Lipinski definition) is 17. The molecule has 0 aliphatic carbocycles. The average molecular weight is 1450 g/mol. The molecule has 1 fully saturated rings. The van der Waals surface area contributed by atoms with Crippen LogP contribution in [0.4, 0.5) is 0 Å². The zero-order chi connectivity index (χ0) is 74.3. The molecule has 1 aliphatic heterocycles. The number of esters is 4. The summed E-state index contributed by atoms with van der Waals surface area (Å²) in [5.74, 6) is -3.58. The van der Waals surface area contributed by atoms with Gasteiger partial charge in [-0.05, 0) is 77.4 Å². The second-order valence-corrected chi connectivity index (χ2v) is 29.2. The van der Waals surface area contributed by atoms with Crippen LogP contribution in [0.25, 0.3) is 0 Å². The number of phosphoric acid groups is 1. The number of aliphatic hydroxyl groups excluding tert-OH is 2. The Kier molecular flexibility index (Phi) is 64.2. The average Bonchev–Trinajstić information content (AvgIpc) is 0.781. The Morgan fingerprint density at radius 2 is 0.760 bits per heavy atom. The van der Waals surface area contributed by atoms with Gasteiger partial charge in [0.25, 0.3) is 0 Å². The highest BCUT2D eigenvalue weighted by molar-refractivity contribution is 7.46. The van der Waals surface area contributed by atoms with Crippen LogP contribution in [0, 0.1) is 0 Å². The molecule has 1 aliphatic rings. The van der Waals surface area contributed by atoms with Gasteiger partial charge in [0, 0.05) is 19.3 Å². The first-order valence-electron chi connectivity index (χ1n) is 40.6. The van der Waals surface area contributed by atoms with E-state index in [0.29, 0.717) is 51.4 Å². The Hall–Kier alpha value is -3.27. The predicted molar refractivity (Wildman–Crippen MR) is 398 cm³/mol. The summed E-state index contributed by atoms with van der Waals surface area (Å²) in [7, 11) is -5.50. The van der Waals surface area contributed by atoms with E-state index in [4.69, 9.17) is 32.9 Å². The van der Waals surface area contributed by atoms with Gasteiger partial charge in [0.2, 0.25) is 11.8 Å². The topological polar surface area (TPSA) is 292 Å². The minimum absolute atomic E-state index is 0.142. The highest BCUT2D eigenvalue weighted by Crippen LogP contribution is 2.42. The summed E-state index contributed by atoms with van der Waals surface area (Å²) >= 11 is 0. The van der Waals surface area contributed by atoms with E-state index in [2.05, 4.69) is 77.8 Å². The second kappa shape index (κ2) is 66.4. The molecule has 9 atom stereocenters. The molecule has 6 N–H and O–H groups in total. The maximum Gasteiger partial charge on any atom is 0.470 e. The highest BCUT2D eigenvalue weighted by Gasteiger charge is 2.52. The van der Waals surface area contributed by atoms with Gasteiger partial charge < -0.3 is 64.0 Å². The quantitative estimate of drug-likeness (QED) is 0.0143. The van der Waals surface area contributed by atoms with Crippen molar-refractivity contribution in [2.75, 3.05) is 39.5 Å². The lowest BCUT2D eigenvalue weighted by Gasteiger charge is -2.45. The first-order chi connectivity index (χ1) is 48.3.